The molecule has 2 aromatic rings. The molecule has 39 heavy (non-hydrogen) atoms. The van der Waals surface area contributed by atoms with E-state index in [1.807, 2.05) is 0 Å². The van der Waals surface area contributed by atoms with Crippen molar-refractivity contribution >= 4 is 21.9 Å². The van der Waals surface area contributed by atoms with Crippen molar-refractivity contribution in [2.24, 2.45) is 0 Å². The number of hydrogen-bond acceptors (Lipinski definition) is 4. The molecule has 0 bridgehead atoms. The highest BCUT2D eigenvalue weighted by Crippen LogP contribution is 2.16. The second kappa shape index (κ2) is 22.1. The number of carbonyl (C=O) groups is 1. The van der Waals surface area contributed by atoms with Gasteiger partial charge in [0.2, 0.25) is 0 Å². The van der Waals surface area contributed by atoms with Gasteiger partial charge in [-0.1, -0.05) is 104 Å². The van der Waals surface area contributed by atoms with Crippen LogP contribution in [-0.2, 0) is 45.1 Å². The van der Waals surface area contributed by atoms with Crippen LogP contribution >= 0.6 is 15.9 Å². The van der Waals surface area contributed by atoms with E-state index >= 15 is 0 Å². The molecule has 0 saturated carbocycles. The molecule has 218 valence electrons. The molecule has 0 N–H and O–H groups in total. The summed E-state index contributed by atoms with van der Waals surface area (Å²) in [7, 11) is 0. The van der Waals surface area contributed by atoms with E-state index in [0.717, 1.165) is 61.4 Å². The number of hydrogen-bond donors (Lipinski definition) is 0. The second-order valence-corrected chi connectivity index (χ2v) is 11.3. The van der Waals surface area contributed by atoms with Crippen LogP contribution in [0.5, 0.6) is 0 Å². The van der Waals surface area contributed by atoms with Gasteiger partial charge in [0, 0.05) is 11.8 Å². The molecule has 0 radical (unpaired) electrons. The molecule has 0 fully saturated rings. The first-order valence-electron chi connectivity index (χ1n) is 15.2. The predicted octanol–water partition coefficient (Wildman–Crippen LogP) is 9.49. The monoisotopic (exact) mass is 602 g/mol. The van der Waals surface area contributed by atoms with Crippen LogP contribution in [-0.4, -0.2) is 24.2 Å². The average Bonchev–Trinajstić information content (AvgIpc) is 2.97. The molecule has 2 aromatic carbocycles. The molecule has 0 heterocycles. The molecule has 0 amide bonds. The number of benzene rings is 2. The number of halogens is 1. The van der Waals surface area contributed by atoms with Gasteiger partial charge in [-0.05, 0) is 80.0 Å². The zero-order valence-corrected chi connectivity index (χ0v) is 26.0. The number of esters is 1. The molecule has 0 saturated heterocycles. The largest absolute Gasteiger partial charge is 0.466 e. The molecule has 0 aromatic heterocycles. The summed E-state index contributed by atoms with van der Waals surface area (Å²) in [6, 6.07) is 17.5. The van der Waals surface area contributed by atoms with Crippen molar-refractivity contribution < 1.29 is 19.0 Å². The van der Waals surface area contributed by atoms with Crippen LogP contribution in [0.3, 0.4) is 0 Å². The zero-order valence-electron chi connectivity index (χ0n) is 24.4. The molecule has 0 aliphatic heterocycles. The van der Waals surface area contributed by atoms with Crippen molar-refractivity contribution in [3.8, 4) is 0 Å². The maximum absolute atomic E-state index is 12.1. The summed E-state index contributed by atoms with van der Waals surface area (Å²) >= 11 is 3.45. The highest BCUT2D eigenvalue weighted by Gasteiger charge is 2.12. The van der Waals surface area contributed by atoms with Crippen LogP contribution in [0.25, 0.3) is 0 Å². The first kappa shape index (κ1) is 33.5. The molecule has 0 aliphatic rings. The van der Waals surface area contributed by atoms with Crippen LogP contribution in [0.2, 0.25) is 0 Å². The van der Waals surface area contributed by atoms with Gasteiger partial charge in [-0.3, -0.25) is 4.79 Å². The minimum atomic E-state index is -0.310. The summed E-state index contributed by atoms with van der Waals surface area (Å²) in [5, 5.41) is 1.04. The summed E-state index contributed by atoms with van der Waals surface area (Å²) in [6.07, 6.45) is 14.0. The quantitative estimate of drug-likeness (QED) is 0.0549. The van der Waals surface area contributed by atoms with Gasteiger partial charge in [0.05, 0.1) is 19.8 Å². The van der Waals surface area contributed by atoms with Crippen molar-refractivity contribution in [1.82, 2.24) is 0 Å². The van der Waals surface area contributed by atoms with E-state index in [-0.39, 0.29) is 12.3 Å². The van der Waals surface area contributed by atoms with Gasteiger partial charge in [-0.25, -0.2) is 0 Å². The Balaban J connectivity index is 1.79. The van der Waals surface area contributed by atoms with Crippen molar-refractivity contribution in [3.63, 3.8) is 0 Å². The van der Waals surface area contributed by atoms with Gasteiger partial charge in [0.15, 0.2) is 6.29 Å². The van der Waals surface area contributed by atoms with Gasteiger partial charge in [-0.15, -0.1) is 0 Å². The molecule has 5 heteroatoms. The van der Waals surface area contributed by atoms with Crippen molar-refractivity contribution in [3.05, 3.63) is 70.8 Å². The van der Waals surface area contributed by atoms with Crippen LogP contribution in [0.4, 0.5) is 0 Å². The Morgan fingerprint density at radius 2 is 1.18 bits per heavy atom. The van der Waals surface area contributed by atoms with E-state index in [2.05, 4.69) is 78.3 Å². The standard InChI is InChI=1S/C34H51BrO4/c1-3-5-13-29-17-21-31(22-18-29)27-38-34(39-28-32-23-19-30(20-24-32)14-6-4-2)16-10-9-15-33(36)37-26-12-8-7-11-25-35/h17-24,34H,3-16,25-28H2,1-2H3. The predicted molar refractivity (Wildman–Crippen MR) is 165 cm³/mol. The number of ether oxygens (including phenoxy) is 3. The fourth-order valence-corrected chi connectivity index (χ4v) is 4.74. The minimum absolute atomic E-state index is 0.0970. The smallest absolute Gasteiger partial charge is 0.305 e. The van der Waals surface area contributed by atoms with E-state index in [0.29, 0.717) is 26.2 Å². The number of aryl methyl sites for hydroxylation is 2. The van der Waals surface area contributed by atoms with E-state index < -0.39 is 0 Å². The average molecular weight is 604 g/mol. The molecule has 0 aliphatic carbocycles. The SMILES string of the molecule is CCCCc1ccc(COC(CCCCC(=O)OCCCCCCBr)OCc2ccc(CCCC)cc2)cc1. The molecular weight excluding hydrogens is 552 g/mol. The second-order valence-electron chi connectivity index (χ2n) is 10.5. The number of carbonyl (C=O) groups excluding carboxylic acids is 1. The first-order valence-corrected chi connectivity index (χ1v) is 16.4. The van der Waals surface area contributed by atoms with Crippen molar-refractivity contribution in [2.75, 3.05) is 11.9 Å². The summed E-state index contributed by atoms with van der Waals surface area (Å²) in [4.78, 5) is 12.1. The third kappa shape index (κ3) is 16.2. The minimum Gasteiger partial charge on any atom is -0.466 e. The first-order chi connectivity index (χ1) is 19.1. The van der Waals surface area contributed by atoms with Gasteiger partial charge in [-0.2, -0.15) is 0 Å². The zero-order chi connectivity index (χ0) is 28.0. The van der Waals surface area contributed by atoms with E-state index in [1.54, 1.807) is 0 Å². The molecule has 0 unspecified atom stereocenters. The van der Waals surface area contributed by atoms with E-state index in [9.17, 15) is 4.79 Å². The fraction of sp³-hybridized carbons (Fsp3) is 0.618. The summed E-state index contributed by atoms with van der Waals surface area (Å²) < 4.78 is 17.8. The molecule has 2 rings (SSSR count). The molecule has 0 spiro atoms. The summed E-state index contributed by atoms with van der Waals surface area (Å²) in [5.41, 5.74) is 5.07. The van der Waals surface area contributed by atoms with Gasteiger partial charge in [0.1, 0.15) is 0 Å². The number of alkyl halides is 1. The molecule has 0 atom stereocenters. The number of rotatable bonds is 23. The van der Waals surface area contributed by atoms with E-state index in [1.165, 1.54) is 49.7 Å². The van der Waals surface area contributed by atoms with Crippen LogP contribution in [0.1, 0.15) is 113 Å². The Bertz CT molecular complexity index is 810. The third-order valence-electron chi connectivity index (χ3n) is 6.92. The lowest BCUT2D eigenvalue weighted by molar-refractivity contribution is -0.161. The Labute approximate surface area is 246 Å². The maximum Gasteiger partial charge on any atom is 0.305 e. The van der Waals surface area contributed by atoms with Crippen LogP contribution < -0.4 is 0 Å². The van der Waals surface area contributed by atoms with Gasteiger partial charge >= 0.3 is 5.97 Å². The number of unbranched alkanes of at least 4 members (excludes halogenated alkanes) is 6. The topological polar surface area (TPSA) is 44.8 Å². The Kier molecular flexibility index (Phi) is 19.0. The molecular formula is C34H51BrO4. The lowest BCUT2D eigenvalue weighted by atomic mass is 10.1. The highest BCUT2D eigenvalue weighted by atomic mass is 79.9. The molecule has 4 nitrogen and oxygen atoms in total. The van der Waals surface area contributed by atoms with Crippen molar-refractivity contribution in [1.29, 1.82) is 0 Å². The summed E-state index contributed by atoms with van der Waals surface area (Å²) in [5.74, 6) is -0.0970. The lowest BCUT2D eigenvalue weighted by Gasteiger charge is -2.19. The Morgan fingerprint density at radius 1 is 0.667 bits per heavy atom. The van der Waals surface area contributed by atoms with Gasteiger partial charge < -0.3 is 14.2 Å². The highest BCUT2D eigenvalue weighted by molar-refractivity contribution is 9.09. The Hall–Kier alpha value is -1.69. The van der Waals surface area contributed by atoms with E-state index in [4.69, 9.17) is 14.2 Å². The van der Waals surface area contributed by atoms with Crippen LogP contribution in [0.15, 0.2) is 48.5 Å². The Morgan fingerprint density at radius 3 is 1.69 bits per heavy atom. The normalized spacial score (nSPS) is 11.3. The lowest BCUT2D eigenvalue weighted by Crippen LogP contribution is -2.17. The van der Waals surface area contributed by atoms with Crippen LogP contribution in [0, 0.1) is 0 Å². The van der Waals surface area contributed by atoms with Gasteiger partial charge in [0.25, 0.3) is 0 Å². The summed E-state index contributed by atoms with van der Waals surface area (Å²) in [6.45, 7) is 6.02. The maximum atomic E-state index is 12.1. The third-order valence-corrected chi connectivity index (χ3v) is 7.48. The fourth-order valence-electron chi connectivity index (χ4n) is 4.35. The van der Waals surface area contributed by atoms with Crippen molar-refractivity contribution in [2.45, 2.75) is 123 Å².